The number of rotatable bonds is 9. The molecule has 0 aromatic heterocycles. The van der Waals surface area contributed by atoms with Crippen LogP contribution in [0.15, 0.2) is 59.7 Å². The van der Waals surface area contributed by atoms with Crippen LogP contribution < -0.4 is 10.3 Å². The number of phenolic OH excluding ortho intramolecular Hbond substituents is 1. The van der Waals surface area contributed by atoms with Crippen molar-refractivity contribution in [2.24, 2.45) is 11.0 Å². The van der Waals surface area contributed by atoms with Crippen molar-refractivity contribution in [1.82, 2.24) is 5.43 Å². The van der Waals surface area contributed by atoms with Gasteiger partial charge in [0.05, 0.1) is 30.6 Å². The highest BCUT2D eigenvalue weighted by Crippen LogP contribution is 2.32. The Hall–Kier alpha value is -4.11. The molecule has 0 saturated carbocycles. The highest BCUT2D eigenvalue weighted by atomic mass is 35.5. The lowest BCUT2D eigenvalue weighted by atomic mass is 9.99. The van der Waals surface area contributed by atoms with Gasteiger partial charge in [-0.15, -0.1) is 0 Å². The average molecular weight is 540 g/mol. The summed E-state index contributed by atoms with van der Waals surface area (Å²) < 4.78 is 10.4. The summed E-state index contributed by atoms with van der Waals surface area (Å²) >= 11 is 5.88. The van der Waals surface area contributed by atoms with Gasteiger partial charge in [0.25, 0.3) is 5.91 Å². The number of esters is 1. The van der Waals surface area contributed by atoms with Gasteiger partial charge in [-0.2, -0.15) is 5.10 Å². The van der Waals surface area contributed by atoms with Crippen LogP contribution in [0.2, 0.25) is 5.02 Å². The number of halogens is 1. The van der Waals surface area contributed by atoms with Gasteiger partial charge in [-0.1, -0.05) is 55.8 Å². The molecule has 10 heteroatoms. The van der Waals surface area contributed by atoms with Gasteiger partial charge < -0.3 is 14.6 Å². The maximum atomic E-state index is 13.0. The molecule has 0 aliphatic carbocycles. The van der Waals surface area contributed by atoms with E-state index < -0.39 is 24.0 Å². The van der Waals surface area contributed by atoms with E-state index in [9.17, 15) is 19.5 Å². The molecular formula is C28H30ClN3O6. The second-order valence-corrected chi connectivity index (χ2v) is 9.23. The Morgan fingerprint density at radius 3 is 2.45 bits per heavy atom. The minimum atomic E-state index is -0.887. The Balaban J connectivity index is 1.99. The first-order valence-electron chi connectivity index (χ1n) is 12.0. The first-order chi connectivity index (χ1) is 18.2. The number of phenols is 1. The molecule has 9 nitrogen and oxygen atoms in total. The number of methoxy groups -OCH3 is 1. The number of carbonyl (C=O) groups is 3. The molecule has 3 rings (SSSR count). The second-order valence-electron chi connectivity index (χ2n) is 8.82. The van der Waals surface area contributed by atoms with Crippen LogP contribution in [0.25, 0.3) is 10.8 Å². The van der Waals surface area contributed by atoms with E-state index in [-0.39, 0.29) is 28.9 Å². The minimum absolute atomic E-state index is 0.0527. The minimum Gasteiger partial charge on any atom is -0.506 e. The largest absolute Gasteiger partial charge is 0.506 e. The monoisotopic (exact) mass is 539 g/mol. The van der Waals surface area contributed by atoms with E-state index in [1.807, 2.05) is 38.1 Å². The lowest BCUT2D eigenvalue weighted by molar-refractivity contribution is -0.145. The number of nitrogens with one attached hydrogen (secondary N) is 1. The molecule has 0 radical (unpaired) electrons. The van der Waals surface area contributed by atoms with Crippen LogP contribution in [-0.4, -0.2) is 49.0 Å². The number of anilines is 1. The molecule has 0 fully saturated rings. The molecule has 1 atom stereocenters. The van der Waals surface area contributed by atoms with Crippen molar-refractivity contribution in [3.8, 4) is 5.75 Å². The van der Waals surface area contributed by atoms with Crippen LogP contribution in [0.1, 0.15) is 43.1 Å². The topological polar surface area (TPSA) is 118 Å². The first kappa shape index (κ1) is 28.5. The van der Waals surface area contributed by atoms with Gasteiger partial charge in [-0.3, -0.25) is 9.69 Å². The summed E-state index contributed by atoms with van der Waals surface area (Å²) in [6.45, 7) is 5.81. The fourth-order valence-electron chi connectivity index (χ4n) is 3.99. The molecule has 0 heterocycles. The molecule has 0 bridgehead atoms. The molecule has 0 aliphatic heterocycles. The Kier molecular flexibility index (Phi) is 9.67. The highest BCUT2D eigenvalue weighted by Gasteiger charge is 2.34. The number of amides is 2. The summed E-state index contributed by atoms with van der Waals surface area (Å²) in [6, 6.07) is 14.0. The zero-order valence-electron chi connectivity index (χ0n) is 21.6. The van der Waals surface area contributed by atoms with Crippen LogP contribution in [0, 0.1) is 5.92 Å². The maximum absolute atomic E-state index is 13.0. The SMILES string of the molecule is CCOC(=O)C(CC(C)C)N(C(=O)OC)c1ccc(/C=N/NC(=O)c2ccc(O)c(Cl)c2)c2ccccc12. The van der Waals surface area contributed by atoms with Crippen molar-refractivity contribution in [3.63, 3.8) is 0 Å². The molecule has 3 aromatic carbocycles. The molecule has 0 spiro atoms. The Labute approximate surface area is 226 Å². The van der Waals surface area contributed by atoms with Gasteiger partial charge in [-0.05, 0) is 48.9 Å². The lowest BCUT2D eigenvalue weighted by Gasteiger charge is -2.31. The molecular weight excluding hydrogens is 510 g/mol. The third-order valence-electron chi connectivity index (χ3n) is 5.71. The highest BCUT2D eigenvalue weighted by molar-refractivity contribution is 6.32. The van der Waals surface area contributed by atoms with E-state index in [1.54, 1.807) is 19.1 Å². The molecule has 0 aliphatic rings. The quantitative estimate of drug-likeness (QED) is 0.210. The molecule has 38 heavy (non-hydrogen) atoms. The first-order valence-corrected chi connectivity index (χ1v) is 12.4. The lowest BCUT2D eigenvalue weighted by Crippen LogP contribution is -2.47. The zero-order valence-corrected chi connectivity index (χ0v) is 22.4. The smallest absolute Gasteiger partial charge is 0.414 e. The summed E-state index contributed by atoms with van der Waals surface area (Å²) in [4.78, 5) is 39.7. The van der Waals surface area contributed by atoms with Crippen LogP contribution >= 0.6 is 11.6 Å². The average Bonchev–Trinajstić information content (AvgIpc) is 2.90. The number of aromatic hydroxyl groups is 1. The summed E-state index contributed by atoms with van der Waals surface area (Å²) in [6.07, 6.45) is 1.17. The van der Waals surface area contributed by atoms with E-state index in [2.05, 4.69) is 10.5 Å². The number of nitrogens with zero attached hydrogens (tertiary/aromatic N) is 2. The van der Waals surface area contributed by atoms with Gasteiger partial charge in [-0.25, -0.2) is 15.0 Å². The van der Waals surface area contributed by atoms with Gasteiger partial charge >= 0.3 is 12.1 Å². The van der Waals surface area contributed by atoms with Crippen LogP contribution in [0.3, 0.4) is 0 Å². The Bertz CT molecular complexity index is 1360. The number of hydrogen-bond acceptors (Lipinski definition) is 7. The van der Waals surface area contributed by atoms with Crippen molar-refractivity contribution in [2.75, 3.05) is 18.6 Å². The summed E-state index contributed by atoms with van der Waals surface area (Å²) in [5.41, 5.74) is 3.81. The molecule has 200 valence electrons. The van der Waals surface area contributed by atoms with Crippen molar-refractivity contribution in [1.29, 1.82) is 0 Å². The van der Waals surface area contributed by atoms with Gasteiger partial charge in [0, 0.05) is 16.5 Å². The summed E-state index contributed by atoms with van der Waals surface area (Å²) in [7, 11) is 1.26. The zero-order chi connectivity index (χ0) is 27.8. The van der Waals surface area contributed by atoms with E-state index in [4.69, 9.17) is 21.1 Å². The van der Waals surface area contributed by atoms with Crippen molar-refractivity contribution in [2.45, 2.75) is 33.2 Å². The van der Waals surface area contributed by atoms with E-state index in [1.165, 1.54) is 36.4 Å². The van der Waals surface area contributed by atoms with Crippen molar-refractivity contribution < 1.29 is 29.0 Å². The normalized spacial score (nSPS) is 11.9. The summed E-state index contributed by atoms with van der Waals surface area (Å²) in [5.74, 6) is -1.05. The molecule has 1 unspecified atom stereocenters. The van der Waals surface area contributed by atoms with Crippen LogP contribution in [0.5, 0.6) is 5.75 Å². The van der Waals surface area contributed by atoms with Crippen molar-refractivity contribution in [3.05, 3.63) is 70.7 Å². The predicted octanol–water partition coefficient (Wildman–Crippen LogP) is 5.51. The molecule has 3 aromatic rings. The van der Waals surface area contributed by atoms with E-state index in [0.29, 0.717) is 23.1 Å². The van der Waals surface area contributed by atoms with E-state index in [0.717, 1.165) is 5.39 Å². The van der Waals surface area contributed by atoms with Crippen LogP contribution in [-0.2, 0) is 14.3 Å². The summed E-state index contributed by atoms with van der Waals surface area (Å²) in [5, 5.41) is 15.1. The maximum Gasteiger partial charge on any atom is 0.414 e. The number of ether oxygens (including phenoxy) is 2. The number of hydrazone groups is 1. The third kappa shape index (κ3) is 6.60. The van der Waals surface area contributed by atoms with Gasteiger partial charge in [0.1, 0.15) is 11.8 Å². The number of fused-ring (bicyclic) bond motifs is 1. The fourth-order valence-corrected chi connectivity index (χ4v) is 4.17. The predicted molar refractivity (Wildman–Crippen MR) is 147 cm³/mol. The molecule has 2 N–H and O–H groups in total. The Morgan fingerprint density at radius 1 is 1.11 bits per heavy atom. The van der Waals surface area contributed by atoms with E-state index >= 15 is 0 Å². The second kappa shape index (κ2) is 12.9. The molecule has 0 saturated heterocycles. The standard InChI is InChI=1S/C28H30ClN3O6/c1-5-38-27(35)24(14-17(2)3)32(28(36)37-4)23-12-10-19(20-8-6-7-9-21(20)23)16-30-31-26(34)18-11-13-25(33)22(29)15-18/h6-13,15-17,24,33H,5,14H2,1-4H3,(H,31,34)/b30-16+. The number of benzene rings is 3. The van der Waals surface area contributed by atoms with Gasteiger partial charge in [0.15, 0.2) is 0 Å². The molecule has 2 amide bonds. The number of carbonyl (C=O) groups excluding carboxylic acids is 3. The Morgan fingerprint density at radius 2 is 1.82 bits per heavy atom. The number of hydrogen-bond donors (Lipinski definition) is 2. The third-order valence-corrected chi connectivity index (χ3v) is 6.01. The fraction of sp³-hybridized carbons (Fsp3) is 0.286. The van der Waals surface area contributed by atoms with Crippen molar-refractivity contribution >= 4 is 52.2 Å². The van der Waals surface area contributed by atoms with Gasteiger partial charge in [0.2, 0.25) is 0 Å². The van der Waals surface area contributed by atoms with Crippen LogP contribution in [0.4, 0.5) is 10.5 Å².